The number of benzene rings is 1. The zero-order chi connectivity index (χ0) is 11.1. The predicted molar refractivity (Wildman–Crippen MR) is 65.8 cm³/mol. The van der Waals surface area contributed by atoms with Crippen molar-refractivity contribution in [2.45, 2.75) is 0 Å². The molecule has 0 unspecified atom stereocenters. The van der Waals surface area contributed by atoms with Gasteiger partial charge in [0.1, 0.15) is 11.3 Å². The first-order valence-corrected chi connectivity index (χ1v) is 5.60. The minimum Gasteiger partial charge on any atom is -0.494 e. The van der Waals surface area contributed by atoms with E-state index in [0.29, 0.717) is 10.4 Å². The quantitative estimate of drug-likeness (QED) is 0.680. The van der Waals surface area contributed by atoms with Crippen molar-refractivity contribution >= 4 is 37.9 Å². The third-order valence-corrected chi connectivity index (χ3v) is 2.88. The minimum atomic E-state index is 0.615. The predicted octanol–water partition coefficient (Wildman–Crippen LogP) is 3.75. The van der Waals surface area contributed by atoms with Gasteiger partial charge in [0, 0.05) is 16.8 Å². The Bertz CT molecular complexity index is 675. The second kappa shape index (κ2) is 3.49. The molecule has 1 aromatic carbocycles. The van der Waals surface area contributed by atoms with Crippen molar-refractivity contribution in [3.63, 3.8) is 0 Å². The molecule has 3 nitrogen and oxygen atoms in total. The number of nitrogens with zero attached hydrogens (tertiary/aromatic N) is 1. The summed E-state index contributed by atoms with van der Waals surface area (Å²) in [7, 11) is 1.64. The van der Waals surface area contributed by atoms with Crippen LogP contribution in [0.15, 0.2) is 39.4 Å². The smallest absolute Gasteiger partial charge is 0.228 e. The number of hydrogen-bond donors (Lipinski definition) is 0. The number of rotatable bonds is 1. The first kappa shape index (κ1) is 9.66. The molecular weight excluding hydrogens is 270 g/mol. The Morgan fingerprint density at radius 2 is 2.12 bits per heavy atom. The molecule has 0 saturated carbocycles. The SMILES string of the molecule is COc1cccc2cc3cc(Br)oc3nc12. The number of para-hydroxylation sites is 1. The van der Waals surface area contributed by atoms with Crippen LogP contribution in [0.5, 0.6) is 5.75 Å². The van der Waals surface area contributed by atoms with E-state index < -0.39 is 0 Å². The molecule has 0 aliphatic heterocycles. The Balaban J connectivity index is 2.45. The maximum absolute atomic E-state index is 5.43. The van der Waals surface area contributed by atoms with Crippen molar-refractivity contribution in [2.75, 3.05) is 7.11 Å². The summed E-state index contributed by atoms with van der Waals surface area (Å²) in [6.07, 6.45) is 0. The van der Waals surface area contributed by atoms with E-state index in [-0.39, 0.29) is 0 Å². The lowest BCUT2D eigenvalue weighted by molar-refractivity contribution is 0.419. The Morgan fingerprint density at radius 1 is 1.25 bits per heavy atom. The van der Waals surface area contributed by atoms with Crippen LogP contribution in [0.25, 0.3) is 22.0 Å². The number of furan rings is 1. The van der Waals surface area contributed by atoms with Gasteiger partial charge in [0.2, 0.25) is 5.71 Å². The Kier molecular flexibility index (Phi) is 2.11. The van der Waals surface area contributed by atoms with E-state index in [0.717, 1.165) is 22.0 Å². The monoisotopic (exact) mass is 277 g/mol. The molecule has 0 N–H and O–H groups in total. The van der Waals surface area contributed by atoms with Crippen LogP contribution in [0.4, 0.5) is 0 Å². The fourth-order valence-corrected chi connectivity index (χ4v) is 2.16. The lowest BCUT2D eigenvalue weighted by Crippen LogP contribution is -1.87. The molecule has 0 spiro atoms. The molecule has 0 fully saturated rings. The highest BCUT2D eigenvalue weighted by molar-refractivity contribution is 9.10. The van der Waals surface area contributed by atoms with Crippen LogP contribution in [-0.2, 0) is 0 Å². The average Bonchev–Trinajstić information content (AvgIpc) is 2.64. The molecule has 3 aromatic rings. The summed E-state index contributed by atoms with van der Waals surface area (Å²) in [5.74, 6) is 0.756. The standard InChI is InChI=1S/C12H8BrNO2/c1-15-9-4-2-3-7-5-8-6-10(13)16-12(8)14-11(7)9/h2-6H,1H3. The number of pyridine rings is 1. The zero-order valence-electron chi connectivity index (χ0n) is 8.53. The fraction of sp³-hybridized carbons (Fsp3) is 0.0833. The maximum atomic E-state index is 5.43. The molecule has 2 heterocycles. The number of methoxy groups -OCH3 is 1. The van der Waals surface area contributed by atoms with Gasteiger partial charge in [0.25, 0.3) is 0 Å². The molecule has 0 aliphatic rings. The van der Waals surface area contributed by atoms with Crippen LogP contribution in [-0.4, -0.2) is 12.1 Å². The number of hydrogen-bond acceptors (Lipinski definition) is 3. The molecule has 0 aliphatic carbocycles. The summed E-state index contributed by atoms with van der Waals surface area (Å²) >= 11 is 3.29. The van der Waals surface area contributed by atoms with E-state index in [1.165, 1.54) is 0 Å². The summed E-state index contributed by atoms with van der Waals surface area (Å²) in [5.41, 5.74) is 1.43. The molecule has 2 aromatic heterocycles. The van der Waals surface area contributed by atoms with Crippen molar-refractivity contribution in [3.05, 3.63) is 35.0 Å². The Labute approximate surface area is 100 Å². The topological polar surface area (TPSA) is 35.3 Å². The number of fused-ring (bicyclic) bond motifs is 2. The minimum absolute atomic E-state index is 0.615. The van der Waals surface area contributed by atoms with Gasteiger partial charge < -0.3 is 9.15 Å². The number of ether oxygens (including phenoxy) is 1. The van der Waals surface area contributed by atoms with E-state index >= 15 is 0 Å². The zero-order valence-corrected chi connectivity index (χ0v) is 10.1. The second-order valence-corrected chi connectivity index (χ2v) is 4.25. The van der Waals surface area contributed by atoms with Crippen LogP contribution in [0.1, 0.15) is 0 Å². The van der Waals surface area contributed by atoms with Gasteiger partial charge in [0.15, 0.2) is 4.67 Å². The summed E-state index contributed by atoms with van der Waals surface area (Å²) in [4.78, 5) is 4.45. The normalized spacial score (nSPS) is 11.1. The van der Waals surface area contributed by atoms with Gasteiger partial charge >= 0.3 is 0 Å². The molecule has 0 bridgehead atoms. The molecule has 4 heteroatoms. The molecule has 0 amide bonds. The third kappa shape index (κ3) is 1.38. The summed E-state index contributed by atoms with van der Waals surface area (Å²) < 4.78 is 11.4. The van der Waals surface area contributed by atoms with E-state index in [1.807, 2.05) is 30.3 Å². The number of aromatic nitrogens is 1. The van der Waals surface area contributed by atoms with Gasteiger partial charge in [-0.2, -0.15) is 0 Å². The van der Waals surface area contributed by atoms with Crippen molar-refractivity contribution in [1.82, 2.24) is 4.98 Å². The molecule has 80 valence electrons. The van der Waals surface area contributed by atoms with E-state index in [4.69, 9.17) is 9.15 Å². The molecular formula is C12H8BrNO2. The lowest BCUT2D eigenvalue weighted by atomic mass is 10.2. The van der Waals surface area contributed by atoms with Gasteiger partial charge in [-0.1, -0.05) is 12.1 Å². The summed E-state index contributed by atoms with van der Waals surface area (Å²) in [5, 5.41) is 2.02. The second-order valence-electron chi connectivity index (χ2n) is 3.47. The van der Waals surface area contributed by atoms with Crippen molar-refractivity contribution in [3.8, 4) is 5.75 Å². The largest absolute Gasteiger partial charge is 0.494 e. The number of halogens is 1. The Hall–Kier alpha value is -1.55. The summed E-state index contributed by atoms with van der Waals surface area (Å²) in [6.45, 7) is 0. The molecule has 16 heavy (non-hydrogen) atoms. The van der Waals surface area contributed by atoms with Crippen molar-refractivity contribution in [2.24, 2.45) is 0 Å². The van der Waals surface area contributed by atoms with Gasteiger partial charge in [-0.15, -0.1) is 0 Å². The highest BCUT2D eigenvalue weighted by Gasteiger charge is 2.08. The van der Waals surface area contributed by atoms with Crippen molar-refractivity contribution in [1.29, 1.82) is 0 Å². The highest BCUT2D eigenvalue weighted by atomic mass is 79.9. The lowest BCUT2D eigenvalue weighted by Gasteiger charge is -2.03. The van der Waals surface area contributed by atoms with E-state index in [9.17, 15) is 0 Å². The van der Waals surface area contributed by atoms with Crippen LogP contribution < -0.4 is 4.74 Å². The van der Waals surface area contributed by atoms with Crippen LogP contribution in [0, 0.1) is 0 Å². The molecule has 0 radical (unpaired) electrons. The van der Waals surface area contributed by atoms with Gasteiger partial charge in [-0.25, -0.2) is 4.98 Å². The Morgan fingerprint density at radius 3 is 2.94 bits per heavy atom. The maximum Gasteiger partial charge on any atom is 0.228 e. The van der Waals surface area contributed by atoms with Crippen molar-refractivity contribution < 1.29 is 9.15 Å². The summed E-state index contributed by atoms with van der Waals surface area (Å²) in [6, 6.07) is 9.78. The van der Waals surface area contributed by atoms with Gasteiger partial charge in [-0.05, 0) is 28.1 Å². The van der Waals surface area contributed by atoms with E-state index in [1.54, 1.807) is 7.11 Å². The van der Waals surface area contributed by atoms with E-state index in [2.05, 4.69) is 20.9 Å². The molecule has 3 rings (SSSR count). The fourth-order valence-electron chi connectivity index (χ4n) is 1.76. The van der Waals surface area contributed by atoms with Crippen LogP contribution in [0.3, 0.4) is 0 Å². The van der Waals surface area contributed by atoms with Crippen LogP contribution in [0.2, 0.25) is 0 Å². The third-order valence-electron chi connectivity index (χ3n) is 2.48. The molecule has 0 saturated heterocycles. The van der Waals surface area contributed by atoms with Gasteiger partial charge in [-0.3, -0.25) is 0 Å². The van der Waals surface area contributed by atoms with Crippen LogP contribution >= 0.6 is 15.9 Å². The first-order valence-electron chi connectivity index (χ1n) is 4.81. The molecule has 0 atom stereocenters. The van der Waals surface area contributed by atoms with Gasteiger partial charge in [0.05, 0.1) is 7.11 Å². The average molecular weight is 278 g/mol. The first-order chi connectivity index (χ1) is 7.78. The highest BCUT2D eigenvalue weighted by Crippen LogP contribution is 2.29.